The Bertz CT molecular complexity index is 377. The van der Waals surface area contributed by atoms with Gasteiger partial charge in [0.15, 0.2) is 5.96 Å². The standard InChI is InChI=1S/C13H27N3O2S/c1-5-6-7-8-9-11-16(3)13(14-2)15-10-12-19(4,17)18/h5H,1,6-12H2,2-4H3,(H,14,15). The number of hydrogen-bond donors (Lipinski definition) is 1. The zero-order valence-electron chi connectivity index (χ0n) is 12.4. The minimum absolute atomic E-state index is 0.124. The molecule has 0 heterocycles. The number of sulfone groups is 1. The Morgan fingerprint density at radius 3 is 2.58 bits per heavy atom. The van der Waals surface area contributed by atoms with E-state index in [4.69, 9.17) is 0 Å². The first kappa shape index (κ1) is 18.0. The van der Waals surface area contributed by atoms with Gasteiger partial charge in [0.05, 0.1) is 5.75 Å². The Balaban J connectivity index is 3.91. The van der Waals surface area contributed by atoms with Crippen molar-refractivity contribution in [2.75, 3.05) is 39.2 Å². The second-order valence-electron chi connectivity index (χ2n) is 4.66. The van der Waals surface area contributed by atoms with Gasteiger partial charge in [0.25, 0.3) is 0 Å². The summed E-state index contributed by atoms with van der Waals surface area (Å²) in [5, 5.41) is 3.06. The fourth-order valence-electron chi connectivity index (χ4n) is 1.65. The van der Waals surface area contributed by atoms with Crippen molar-refractivity contribution in [1.82, 2.24) is 10.2 Å². The number of nitrogens with zero attached hydrogens (tertiary/aromatic N) is 2. The van der Waals surface area contributed by atoms with E-state index in [9.17, 15) is 8.42 Å². The Morgan fingerprint density at radius 1 is 1.37 bits per heavy atom. The summed E-state index contributed by atoms with van der Waals surface area (Å²) in [6.07, 6.45) is 7.66. The van der Waals surface area contributed by atoms with Crippen LogP contribution in [-0.4, -0.2) is 58.5 Å². The summed E-state index contributed by atoms with van der Waals surface area (Å²) in [6.45, 7) is 5.01. The van der Waals surface area contributed by atoms with E-state index in [-0.39, 0.29) is 5.75 Å². The predicted molar refractivity (Wildman–Crippen MR) is 82.4 cm³/mol. The van der Waals surface area contributed by atoms with E-state index in [1.165, 1.54) is 6.26 Å². The molecule has 0 bridgehead atoms. The highest BCUT2D eigenvalue weighted by Gasteiger charge is 2.07. The van der Waals surface area contributed by atoms with E-state index in [0.717, 1.165) is 38.2 Å². The third kappa shape index (κ3) is 10.6. The fourth-order valence-corrected chi connectivity index (χ4v) is 2.13. The molecular weight excluding hydrogens is 262 g/mol. The van der Waals surface area contributed by atoms with Crippen molar-refractivity contribution in [2.45, 2.75) is 25.7 Å². The number of nitrogens with one attached hydrogen (secondary N) is 1. The number of guanidine groups is 1. The van der Waals surface area contributed by atoms with E-state index in [2.05, 4.69) is 16.9 Å². The van der Waals surface area contributed by atoms with E-state index < -0.39 is 9.84 Å². The third-order valence-corrected chi connectivity index (χ3v) is 3.68. The minimum Gasteiger partial charge on any atom is -0.355 e. The van der Waals surface area contributed by atoms with E-state index in [1.807, 2.05) is 18.0 Å². The molecular formula is C13H27N3O2S. The Hall–Kier alpha value is -1.04. The van der Waals surface area contributed by atoms with Crippen molar-refractivity contribution in [3.05, 3.63) is 12.7 Å². The first-order valence-corrected chi connectivity index (χ1v) is 8.67. The molecule has 0 aliphatic rings. The lowest BCUT2D eigenvalue weighted by Gasteiger charge is -2.21. The van der Waals surface area contributed by atoms with Crippen LogP contribution in [0, 0.1) is 0 Å². The molecule has 0 aliphatic heterocycles. The summed E-state index contributed by atoms with van der Waals surface area (Å²) in [5.74, 6) is 0.867. The summed E-state index contributed by atoms with van der Waals surface area (Å²) in [7, 11) is 0.741. The molecule has 0 atom stereocenters. The van der Waals surface area contributed by atoms with E-state index in [0.29, 0.717) is 6.54 Å². The van der Waals surface area contributed by atoms with Crippen LogP contribution < -0.4 is 5.32 Å². The van der Waals surface area contributed by atoms with Crippen LogP contribution in [0.2, 0.25) is 0 Å². The zero-order chi connectivity index (χ0) is 14.7. The molecule has 112 valence electrons. The van der Waals surface area contributed by atoms with Crippen molar-refractivity contribution >= 4 is 15.8 Å². The topological polar surface area (TPSA) is 61.8 Å². The molecule has 19 heavy (non-hydrogen) atoms. The van der Waals surface area contributed by atoms with Crippen LogP contribution in [0.3, 0.4) is 0 Å². The zero-order valence-corrected chi connectivity index (χ0v) is 13.2. The number of unbranched alkanes of at least 4 members (excludes halogenated alkanes) is 3. The summed E-state index contributed by atoms with van der Waals surface area (Å²) in [4.78, 5) is 6.17. The third-order valence-electron chi connectivity index (χ3n) is 2.73. The molecule has 0 saturated carbocycles. The van der Waals surface area contributed by atoms with Crippen LogP contribution in [0.25, 0.3) is 0 Å². The second-order valence-corrected chi connectivity index (χ2v) is 6.92. The molecule has 0 spiro atoms. The van der Waals surface area contributed by atoms with Crippen LogP contribution in [-0.2, 0) is 9.84 Å². The molecule has 6 heteroatoms. The van der Waals surface area contributed by atoms with Crippen LogP contribution in [0.15, 0.2) is 17.6 Å². The maximum Gasteiger partial charge on any atom is 0.193 e. The van der Waals surface area contributed by atoms with Gasteiger partial charge in [-0.05, 0) is 19.3 Å². The van der Waals surface area contributed by atoms with Gasteiger partial charge in [-0.2, -0.15) is 0 Å². The van der Waals surface area contributed by atoms with Crippen LogP contribution in [0.5, 0.6) is 0 Å². The molecule has 1 N–H and O–H groups in total. The Labute approximate surface area is 117 Å². The lowest BCUT2D eigenvalue weighted by molar-refractivity contribution is 0.457. The summed E-state index contributed by atoms with van der Waals surface area (Å²) < 4.78 is 22.1. The number of allylic oxidation sites excluding steroid dienone is 1. The lowest BCUT2D eigenvalue weighted by atomic mass is 10.2. The van der Waals surface area contributed by atoms with Gasteiger partial charge in [-0.25, -0.2) is 8.42 Å². The molecule has 0 rings (SSSR count). The van der Waals surface area contributed by atoms with Crippen LogP contribution in [0.1, 0.15) is 25.7 Å². The number of aliphatic imine (C=N–C) groups is 1. The number of rotatable bonds is 9. The molecule has 5 nitrogen and oxygen atoms in total. The summed E-state index contributed by atoms with van der Waals surface area (Å²) in [5.41, 5.74) is 0. The average molecular weight is 289 g/mol. The maximum atomic E-state index is 11.0. The molecule has 0 saturated heterocycles. The fraction of sp³-hybridized carbons (Fsp3) is 0.769. The first-order chi connectivity index (χ1) is 8.90. The van der Waals surface area contributed by atoms with Crippen molar-refractivity contribution in [3.63, 3.8) is 0 Å². The van der Waals surface area contributed by atoms with Gasteiger partial charge < -0.3 is 10.2 Å². The monoisotopic (exact) mass is 289 g/mol. The summed E-state index contributed by atoms with van der Waals surface area (Å²) in [6, 6.07) is 0. The molecule has 0 unspecified atom stereocenters. The van der Waals surface area contributed by atoms with Gasteiger partial charge in [-0.3, -0.25) is 4.99 Å². The predicted octanol–water partition coefficient (Wildman–Crippen LogP) is 1.28. The van der Waals surface area contributed by atoms with Gasteiger partial charge in [0.2, 0.25) is 0 Å². The lowest BCUT2D eigenvalue weighted by Crippen LogP contribution is -2.41. The highest BCUT2D eigenvalue weighted by Crippen LogP contribution is 2.01. The van der Waals surface area contributed by atoms with Gasteiger partial charge in [0.1, 0.15) is 9.84 Å². The molecule has 0 amide bonds. The van der Waals surface area contributed by atoms with Gasteiger partial charge in [-0.1, -0.05) is 12.5 Å². The van der Waals surface area contributed by atoms with E-state index in [1.54, 1.807) is 7.05 Å². The van der Waals surface area contributed by atoms with Crippen LogP contribution >= 0.6 is 0 Å². The first-order valence-electron chi connectivity index (χ1n) is 6.61. The van der Waals surface area contributed by atoms with Crippen molar-refractivity contribution in [1.29, 1.82) is 0 Å². The van der Waals surface area contributed by atoms with Crippen molar-refractivity contribution < 1.29 is 8.42 Å². The van der Waals surface area contributed by atoms with Crippen molar-refractivity contribution in [2.24, 2.45) is 4.99 Å². The summed E-state index contributed by atoms with van der Waals surface area (Å²) >= 11 is 0. The minimum atomic E-state index is -2.93. The SMILES string of the molecule is C=CCCCCCN(C)C(=NC)NCCS(C)(=O)=O. The molecule has 0 aromatic rings. The molecule has 0 aromatic carbocycles. The molecule has 0 aromatic heterocycles. The maximum absolute atomic E-state index is 11.0. The van der Waals surface area contributed by atoms with Crippen molar-refractivity contribution in [3.8, 4) is 0 Å². The Kier molecular flexibility index (Phi) is 9.30. The molecule has 0 fully saturated rings. The molecule has 0 aliphatic carbocycles. The number of hydrogen-bond acceptors (Lipinski definition) is 3. The smallest absolute Gasteiger partial charge is 0.193 e. The van der Waals surface area contributed by atoms with Gasteiger partial charge >= 0.3 is 0 Å². The van der Waals surface area contributed by atoms with Crippen LogP contribution in [0.4, 0.5) is 0 Å². The molecule has 0 radical (unpaired) electrons. The largest absolute Gasteiger partial charge is 0.355 e. The quantitative estimate of drug-likeness (QED) is 0.301. The van der Waals surface area contributed by atoms with Gasteiger partial charge in [-0.15, -0.1) is 6.58 Å². The Morgan fingerprint density at radius 2 is 2.05 bits per heavy atom. The van der Waals surface area contributed by atoms with Gasteiger partial charge in [0, 0.05) is 33.4 Å². The highest BCUT2D eigenvalue weighted by atomic mass is 32.2. The second kappa shape index (κ2) is 9.83. The average Bonchev–Trinajstić information content (AvgIpc) is 2.33. The normalized spacial score (nSPS) is 12.3. The highest BCUT2D eigenvalue weighted by molar-refractivity contribution is 7.90. The van der Waals surface area contributed by atoms with E-state index >= 15 is 0 Å².